The molecule has 51 heavy (non-hydrogen) atoms. The van der Waals surface area contributed by atoms with Crippen LogP contribution >= 0.6 is 11.3 Å². The second-order valence-corrected chi connectivity index (χ2v) is 15.2. The summed E-state index contributed by atoms with van der Waals surface area (Å²) in [4.78, 5) is 2.66. The summed E-state index contributed by atoms with van der Waals surface area (Å²) in [7, 11) is 0. The fourth-order valence-electron chi connectivity index (χ4n) is 9.16. The molecular weight excluding hydrogens is 633 g/mol. The molecule has 0 amide bonds. The van der Waals surface area contributed by atoms with Crippen molar-refractivity contribution in [3.05, 3.63) is 238 Å². The van der Waals surface area contributed by atoms with Gasteiger partial charge in [-0.2, -0.15) is 0 Å². The number of aryl methyl sites for hydroxylation is 2. The predicted molar refractivity (Wildman–Crippen MR) is 214 cm³/mol. The molecule has 0 fully saturated rings. The summed E-state index contributed by atoms with van der Waals surface area (Å²) in [6.45, 7) is 4.35. The standard InChI is InChI=1S/C50H36S/c1-33-21-26-38(27-22-33)49(39-28-23-34(2)24-29-39)43-19-11-9-17-40(43)41-30-25-35(31-45(41)49)47-32-46-48(51-47)42-18-10-12-20-44(42)50(46,36-13-5-3-6-14-36)37-15-7-4-8-16-37/h3-32H,1-2H3. The molecule has 7 aromatic carbocycles. The molecule has 1 aromatic heterocycles. The van der Waals surface area contributed by atoms with Gasteiger partial charge in [-0.25, -0.2) is 0 Å². The Morgan fingerprint density at radius 1 is 0.353 bits per heavy atom. The van der Waals surface area contributed by atoms with Crippen LogP contribution in [0.1, 0.15) is 55.6 Å². The molecule has 0 saturated carbocycles. The van der Waals surface area contributed by atoms with E-state index < -0.39 is 10.8 Å². The summed E-state index contributed by atoms with van der Waals surface area (Å²) in [5, 5.41) is 0. The smallest absolute Gasteiger partial charge is 0.0722 e. The third-order valence-corrected chi connectivity index (χ3v) is 12.6. The van der Waals surface area contributed by atoms with E-state index in [1.54, 1.807) is 0 Å². The molecule has 1 heterocycles. The van der Waals surface area contributed by atoms with E-state index >= 15 is 0 Å². The lowest BCUT2D eigenvalue weighted by Crippen LogP contribution is -2.28. The molecule has 0 bridgehead atoms. The maximum atomic E-state index is 2.51. The second-order valence-electron chi connectivity index (χ2n) is 14.2. The zero-order valence-corrected chi connectivity index (χ0v) is 29.5. The molecule has 0 unspecified atom stereocenters. The first-order valence-corrected chi connectivity index (χ1v) is 18.7. The van der Waals surface area contributed by atoms with E-state index in [0.29, 0.717) is 0 Å². The van der Waals surface area contributed by atoms with Crippen molar-refractivity contribution in [2.45, 2.75) is 24.7 Å². The number of benzene rings is 7. The van der Waals surface area contributed by atoms with Crippen molar-refractivity contribution in [3.63, 3.8) is 0 Å². The Balaban J connectivity index is 1.24. The van der Waals surface area contributed by atoms with Gasteiger partial charge in [0, 0.05) is 9.75 Å². The van der Waals surface area contributed by atoms with Gasteiger partial charge in [-0.1, -0.05) is 181 Å². The molecule has 0 atom stereocenters. The maximum absolute atomic E-state index is 2.51. The van der Waals surface area contributed by atoms with E-state index in [-0.39, 0.29) is 0 Å². The van der Waals surface area contributed by atoms with Gasteiger partial charge in [0.25, 0.3) is 0 Å². The van der Waals surface area contributed by atoms with Crippen LogP contribution in [0.4, 0.5) is 0 Å². The Kier molecular flexibility index (Phi) is 6.72. The first-order chi connectivity index (χ1) is 25.1. The molecule has 0 spiro atoms. The zero-order chi connectivity index (χ0) is 34.2. The van der Waals surface area contributed by atoms with Gasteiger partial charge < -0.3 is 0 Å². The Morgan fingerprint density at radius 2 is 0.804 bits per heavy atom. The fourth-order valence-corrected chi connectivity index (χ4v) is 10.4. The minimum Gasteiger partial charge on any atom is -0.135 e. The van der Waals surface area contributed by atoms with Crippen molar-refractivity contribution in [3.8, 4) is 32.0 Å². The number of hydrogen-bond donors (Lipinski definition) is 0. The van der Waals surface area contributed by atoms with Crippen LogP contribution in [0.3, 0.4) is 0 Å². The van der Waals surface area contributed by atoms with Gasteiger partial charge in [-0.05, 0) is 92.7 Å². The summed E-state index contributed by atoms with van der Waals surface area (Å²) in [6, 6.07) is 68.5. The molecule has 0 saturated heterocycles. The molecule has 2 aliphatic rings. The molecule has 1 heteroatoms. The number of rotatable bonds is 5. The SMILES string of the molecule is Cc1ccc(C2(c3ccc(C)cc3)c3ccccc3-c3ccc(-c4cc5c(s4)-c4ccccc4C5(c4ccccc4)c4ccccc4)cc32)cc1. The highest BCUT2D eigenvalue weighted by Gasteiger charge is 2.48. The van der Waals surface area contributed by atoms with Crippen molar-refractivity contribution >= 4 is 11.3 Å². The van der Waals surface area contributed by atoms with Crippen molar-refractivity contribution < 1.29 is 0 Å². The van der Waals surface area contributed by atoms with Gasteiger partial charge in [0.05, 0.1) is 10.8 Å². The minimum absolute atomic E-state index is 0.399. The van der Waals surface area contributed by atoms with Crippen LogP contribution < -0.4 is 0 Å². The van der Waals surface area contributed by atoms with E-state index in [9.17, 15) is 0 Å². The lowest BCUT2D eigenvalue weighted by atomic mass is 9.67. The Bertz CT molecular complexity index is 2490. The first kappa shape index (κ1) is 30.1. The number of thiophene rings is 1. The van der Waals surface area contributed by atoms with Crippen LogP contribution in [0, 0.1) is 13.8 Å². The van der Waals surface area contributed by atoms with Gasteiger partial charge in [0.1, 0.15) is 0 Å². The molecule has 0 aliphatic heterocycles. The summed E-state index contributed by atoms with van der Waals surface area (Å²) in [5.74, 6) is 0. The molecule has 2 aliphatic carbocycles. The van der Waals surface area contributed by atoms with Crippen LogP contribution in [-0.4, -0.2) is 0 Å². The highest BCUT2D eigenvalue weighted by molar-refractivity contribution is 7.19. The van der Waals surface area contributed by atoms with Crippen LogP contribution in [0.2, 0.25) is 0 Å². The average Bonchev–Trinajstić information content (AvgIpc) is 3.83. The number of fused-ring (bicyclic) bond motifs is 6. The quantitative estimate of drug-likeness (QED) is 0.171. The van der Waals surface area contributed by atoms with Crippen LogP contribution in [-0.2, 0) is 10.8 Å². The number of hydrogen-bond acceptors (Lipinski definition) is 1. The largest absolute Gasteiger partial charge is 0.135 e. The minimum atomic E-state index is -0.437. The normalized spacial score (nSPS) is 14.4. The summed E-state index contributed by atoms with van der Waals surface area (Å²) >= 11 is 1.93. The van der Waals surface area contributed by atoms with Crippen LogP contribution in [0.15, 0.2) is 182 Å². The van der Waals surface area contributed by atoms with Crippen LogP contribution in [0.25, 0.3) is 32.0 Å². The maximum Gasteiger partial charge on any atom is 0.0722 e. The van der Waals surface area contributed by atoms with Crippen LogP contribution in [0.5, 0.6) is 0 Å². The topological polar surface area (TPSA) is 0 Å². The fraction of sp³-hybridized carbons (Fsp3) is 0.0800. The monoisotopic (exact) mass is 668 g/mol. The first-order valence-electron chi connectivity index (χ1n) is 17.8. The summed E-state index contributed by atoms with van der Waals surface area (Å²) < 4.78 is 0. The van der Waals surface area contributed by atoms with Gasteiger partial charge in [-0.15, -0.1) is 11.3 Å². The van der Waals surface area contributed by atoms with Gasteiger partial charge in [0.15, 0.2) is 0 Å². The van der Waals surface area contributed by atoms with Gasteiger partial charge in [0.2, 0.25) is 0 Å². The van der Waals surface area contributed by atoms with Crippen molar-refractivity contribution in [1.82, 2.24) is 0 Å². The molecule has 0 N–H and O–H groups in total. The highest BCUT2D eigenvalue weighted by Crippen LogP contribution is 2.61. The Labute approximate surface area is 304 Å². The lowest BCUT2D eigenvalue weighted by Gasteiger charge is -2.34. The highest BCUT2D eigenvalue weighted by atomic mass is 32.1. The summed E-state index contributed by atoms with van der Waals surface area (Å²) in [5.41, 5.74) is 17.5. The van der Waals surface area contributed by atoms with E-state index in [2.05, 4.69) is 196 Å². The Morgan fingerprint density at radius 3 is 1.39 bits per heavy atom. The second kappa shape index (κ2) is 11.4. The molecule has 242 valence electrons. The third-order valence-electron chi connectivity index (χ3n) is 11.4. The molecular formula is C50H36S. The van der Waals surface area contributed by atoms with E-state index in [1.807, 2.05) is 11.3 Å². The zero-order valence-electron chi connectivity index (χ0n) is 28.7. The average molecular weight is 669 g/mol. The van der Waals surface area contributed by atoms with Gasteiger partial charge in [-0.3, -0.25) is 0 Å². The predicted octanol–water partition coefficient (Wildman–Crippen LogP) is 12.8. The summed E-state index contributed by atoms with van der Waals surface area (Å²) in [6.07, 6.45) is 0. The molecule has 0 nitrogen and oxygen atoms in total. The lowest BCUT2D eigenvalue weighted by molar-refractivity contribution is 0.767. The van der Waals surface area contributed by atoms with E-state index in [0.717, 1.165) is 0 Å². The van der Waals surface area contributed by atoms with Gasteiger partial charge >= 0.3 is 0 Å². The Hall–Kier alpha value is -5.76. The van der Waals surface area contributed by atoms with Crippen molar-refractivity contribution in [1.29, 1.82) is 0 Å². The third kappa shape index (κ3) is 4.19. The molecule has 0 radical (unpaired) electrons. The van der Waals surface area contributed by atoms with E-state index in [4.69, 9.17) is 0 Å². The van der Waals surface area contributed by atoms with Crippen molar-refractivity contribution in [2.24, 2.45) is 0 Å². The molecule has 10 rings (SSSR count). The van der Waals surface area contributed by atoms with E-state index in [1.165, 1.54) is 87.6 Å². The van der Waals surface area contributed by atoms with Crippen molar-refractivity contribution in [2.75, 3.05) is 0 Å². The molecule has 8 aromatic rings.